The number of piperidine rings is 1. The van der Waals surface area contributed by atoms with Crippen LogP contribution in [0.2, 0.25) is 0 Å². The van der Waals surface area contributed by atoms with Crippen molar-refractivity contribution >= 4 is 23.4 Å². The van der Waals surface area contributed by atoms with E-state index in [1.165, 1.54) is 0 Å². The van der Waals surface area contributed by atoms with Gasteiger partial charge in [0.15, 0.2) is 0 Å². The maximum Gasteiger partial charge on any atom is 0.397 e. The molecule has 1 amide bonds. The molecule has 1 aliphatic heterocycles. The number of nitrogens with zero attached hydrogens (tertiary/aromatic N) is 5. The molecule has 2 aromatic heterocycles. The van der Waals surface area contributed by atoms with Gasteiger partial charge in [0.25, 0.3) is 0 Å². The lowest BCUT2D eigenvalue weighted by Gasteiger charge is -2.40. The number of amides is 1. The summed E-state index contributed by atoms with van der Waals surface area (Å²) in [4.78, 5) is 22.3. The normalized spacial score (nSPS) is 16.7. The van der Waals surface area contributed by atoms with Crippen LogP contribution in [0.5, 0.6) is 0 Å². The van der Waals surface area contributed by atoms with Crippen LogP contribution < -0.4 is 15.5 Å². The topological polar surface area (TPSA) is 88.0 Å². The maximum absolute atomic E-state index is 12.4. The molecule has 0 aromatic carbocycles. The van der Waals surface area contributed by atoms with Crippen LogP contribution in [0.15, 0.2) is 24.7 Å². The molecule has 11 heteroatoms. The minimum atomic E-state index is -4.50. The summed E-state index contributed by atoms with van der Waals surface area (Å²) in [6.45, 7) is 2.90. The third-order valence-corrected chi connectivity index (χ3v) is 4.60. The molecule has 2 aromatic rings. The Morgan fingerprint density at radius 2 is 2.04 bits per heavy atom. The molecule has 1 fully saturated rings. The molecule has 0 saturated carbocycles. The highest BCUT2D eigenvalue weighted by atomic mass is 19.4. The Hall–Kier alpha value is -2.85. The molecule has 0 spiro atoms. The zero-order valence-corrected chi connectivity index (χ0v) is 15.6. The van der Waals surface area contributed by atoms with E-state index in [0.717, 1.165) is 5.69 Å². The van der Waals surface area contributed by atoms with Gasteiger partial charge in [0.2, 0.25) is 11.9 Å². The number of aryl methyl sites for hydroxylation is 1. The summed E-state index contributed by atoms with van der Waals surface area (Å²) in [7, 11) is 1.81. The minimum absolute atomic E-state index is 0.428. The molecule has 0 unspecified atom stereocenters. The molecule has 0 atom stereocenters. The fraction of sp³-hybridized carbons (Fsp3) is 0.529. The Bertz CT molecular complexity index is 828. The third kappa shape index (κ3) is 5.33. The summed E-state index contributed by atoms with van der Waals surface area (Å²) < 4.78 is 38.8. The zero-order chi connectivity index (χ0) is 20.4. The predicted octanol–water partition coefficient (Wildman–Crippen LogP) is 2.38. The van der Waals surface area contributed by atoms with Crippen LogP contribution >= 0.6 is 0 Å². The fourth-order valence-electron chi connectivity index (χ4n) is 3.12. The van der Waals surface area contributed by atoms with Crippen molar-refractivity contribution < 1.29 is 18.0 Å². The number of nitrogens with one attached hydrogen (secondary N) is 2. The highest BCUT2D eigenvalue weighted by Crippen LogP contribution is 2.27. The summed E-state index contributed by atoms with van der Waals surface area (Å²) in [5, 5.41) is 9.67. The second-order valence-corrected chi connectivity index (χ2v) is 7.15. The number of carbonyl (C=O) groups excluding carboxylic acids is 1. The van der Waals surface area contributed by atoms with Crippen LogP contribution in [0, 0.1) is 0 Å². The molecule has 152 valence electrons. The molecule has 1 saturated heterocycles. The van der Waals surface area contributed by atoms with Crippen molar-refractivity contribution in [2.75, 3.05) is 23.3 Å². The average molecular weight is 397 g/mol. The number of carbonyl (C=O) groups is 1. The molecule has 1 aliphatic rings. The van der Waals surface area contributed by atoms with Gasteiger partial charge in [0, 0.05) is 38.1 Å². The molecular formula is C17H22F3N7O. The zero-order valence-electron chi connectivity index (χ0n) is 15.6. The summed E-state index contributed by atoms with van der Waals surface area (Å²) >= 11 is 0. The molecule has 3 heterocycles. The van der Waals surface area contributed by atoms with Gasteiger partial charge in [0.05, 0.1) is 11.9 Å². The van der Waals surface area contributed by atoms with Crippen molar-refractivity contribution in [1.29, 1.82) is 0 Å². The van der Waals surface area contributed by atoms with Crippen LogP contribution in [0.3, 0.4) is 0 Å². The van der Waals surface area contributed by atoms with E-state index in [1.807, 2.05) is 4.90 Å². The average Bonchev–Trinajstić information content (AvgIpc) is 2.98. The third-order valence-electron chi connectivity index (χ3n) is 4.60. The van der Waals surface area contributed by atoms with Crippen molar-refractivity contribution in [2.24, 2.45) is 7.05 Å². The SMILES string of the molecule is Cn1cc(Nc2nccc(N3CCC(C)(NC(=O)CC(F)(F)F)CC3)n2)cn1. The molecule has 28 heavy (non-hydrogen) atoms. The van der Waals surface area contributed by atoms with Crippen LogP contribution in [0.4, 0.5) is 30.6 Å². The van der Waals surface area contributed by atoms with E-state index in [2.05, 4.69) is 25.7 Å². The second kappa shape index (κ2) is 7.64. The first-order valence-corrected chi connectivity index (χ1v) is 8.83. The summed E-state index contributed by atoms with van der Waals surface area (Å²) in [6, 6.07) is 1.78. The Morgan fingerprint density at radius 1 is 1.32 bits per heavy atom. The minimum Gasteiger partial charge on any atom is -0.356 e. The van der Waals surface area contributed by atoms with E-state index in [1.54, 1.807) is 43.3 Å². The largest absolute Gasteiger partial charge is 0.397 e. The van der Waals surface area contributed by atoms with Gasteiger partial charge < -0.3 is 15.5 Å². The van der Waals surface area contributed by atoms with Gasteiger partial charge in [-0.1, -0.05) is 0 Å². The molecule has 8 nitrogen and oxygen atoms in total. The van der Waals surface area contributed by atoms with Gasteiger partial charge in [-0.2, -0.15) is 23.3 Å². The van der Waals surface area contributed by atoms with E-state index in [9.17, 15) is 18.0 Å². The van der Waals surface area contributed by atoms with Crippen LogP contribution in [0.25, 0.3) is 0 Å². The van der Waals surface area contributed by atoms with Gasteiger partial charge in [-0.15, -0.1) is 0 Å². The van der Waals surface area contributed by atoms with Crippen molar-refractivity contribution in [3.8, 4) is 0 Å². The van der Waals surface area contributed by atoms with Gasteiger partial charge in [-0.25, -0.2) is 4.98 Å². The Labute approximate surface area is 160 Å². The van der Waals surface area contributed by atoms with Crippen molar-refractivity contribution in [3.63, 3.8) is 0 Å². The van der Waals surface area contributed by atoms with Crippen molar-refractivity contribution in [3.05, 3.63) is 24.7 Å². The molecule has 0 aliphatic carbocycles. The lowest BCUT2D eigenvalue weighted by Crippen LogP contribution is -2.54. The van der Waals surface area contributed by atoms with Gasteiger partial charge in [-0.3, -0.25) is 9.48 Å². The van der Waals surface area contributed by atoms with E-state index in [0.29, 0.717) is 37.7 Å². The summed E-state index contributed by atoms with van der Waals surface area (Å²) in [5.74, 6) is 0.149. The number of anilines is 3. The summed E-state index contributed by atoms with van der Waals surface area (Å²) in [5.41, 5.74) is 0.0982. The Kier molecular flexibility index (Phi) is 5.43. The van der Waals surface area contributed by atoms with Crippen molar-refractivity contribution in [2.45, 2.75) is 37.9 Å². The van der Waals surface area contributed by atoms with Crippen LogP contribution in [0.1, 0.15) is 26.2 Å². The molecular weight excluding hydrogens is 375 g/mol. The predicted molar refractivity (Wildman–Crippen MR) is 97.2 cm³/mol. The Morgan fingerprint density at radius 3 is 2.64 bits per heavy atom. The number of alkyl halides is 3. The van der Waals surface area contributed by atoms with Gasteiger partial charge >= 0.3 is 6.18 Å². The first kappa shape index (κ1) is 19.9. The summed E-state index contributed by atoms with van der Waals surface area (Å²) in [6.07, 6.45) is 0.178. The molecule has 0 radical (unpaired) electrons. The number of aromatic nitrogens is 4. The van der Waals surface area contributed by atoms with Gasteiger partial charge in [-0.05, 0) is 25.8 Å². The molecule has 0 bridgehead atoms. The lowest BCUT2D eigenvalue weighted by atomic mass is 9.89. The van der Waals surface area contributed by atoms with Crippen LogP contribution in [-0.4, -0.2) is 50.5 Å². The van der Waals surface area contributed by atoms with Crippen LogP contribution in [-0.2, 0) is 11.8 Å². The number of hydrogen-bond acceptors (Lipinski definition) is 6. The number of rotatable bonds is 5. The first-order chi connectivity index (χ1) is 13.1. The molecule has 2 N–H and O–H groups in total. The van der Waals surface area contributed by atoms with E-state index in [-0.39, 0.29) is 0 Å². The first-order valence-electron chi connectivity index (χ1n) is 8.83. The smallest absolute Gasteiger partial charge is 0.356 e. The highest BCUT2D eigenvalue weighted by Gasteiger charge is 2.36. The van der Waals surface area contributed by atoms with E-state index in [4.69, 9.17) is 0 Å². The van der Waals surface area contributed by atoms with Gasteiger partial charge in [0.1, 0.15) is 12.2 Å². The lowest BCUT2D eigenvalue weighted by molar-refractivity contribution is -0.155. The maximum atomic E-state index is 12.4. The number of hydrogen-bond donors (Lipinski definition) is 2. The van der Waals surface area contributed by atoms with E-state index >= 15 is 0 Å². The highest BCUT2D eigenvalue weighted by molar-refractivity contribution is 5.77. The standard InChI is InChI=1S/C17H22F3N7O/c1-16(25-14(28)9-17(18,19)20)4-7-27(8-5-16)13-3-6-21-15(24-13)23-12-10-22-26(2)11-12/h3,6,10-11H,4-5,7-9H2,1-2H3,(H,25,28)(H,21,23,24). The van der Waals surface area contributed by atoms with Crippen molar-refractivity contribution in [1.82, 2.24) is 25.1 Å². The second-order valence-electron chi connectivity index (χ2n) is 7.15. The monoisotopic (exact) mass is 397 g/mol. The van der Waals surface area contributed by atoms with E-state index < -0.39 is 24.0 Å². The fourth-order valence-corrected chi connectivity index (χ4v) is 3.12. The Balaban J connectivity index is 1.58. The number of halogens is 3. The molecule has 3 rings (SSSR count). The quantitative estimate of drug-likeness (QED) is 0.806.